The third-order valence-electron chi connectivity index (χ3n) is 3.23. The maximum Gasteiger partial charge on any atom is 0.255 e. The van der Waals surface area contributed by atoms with E-state index in [1.54, 1.807) is 6.20 Å². The largest absolute Gasteiger partial charge is 0.335 e. The van der Waals surface area contributed by atoms with Crippen molar-refractivity contribution in [1.29, 1.82) is 0 Å². The molecule has 1 aliphatic rings. The van der Waals surface area contributed by atoms with Crippen LogP contribution in [0.25, 0.3) is 0 Å². The average Bonchev–Trinajstić information content (AvgIpc) is 2.84. The minimum Gasteiger partial charge on any atom is -0.335 e. The normalized spacial score (nSPS) is 19.3. The molecule has 17 heavy (non-hydrogen) atoms. The van der Waals surface area contributed by atoms with Gasteiger partial charge < -0.3 is 10.2 Å². The number of nitrogens with zero attached hydrogens (tertiary/aromatic N) is 2. The molecule has 1 aromatic rings. The Kier molecular flexibility index (Phi) is 3.74. The van der Waals surface area contributed by atoms with Crippen molar-refractivity contribution in [1.82, 2.24) is 15.2 Å². The summed E-state index contributed by atoms with van der Waals surface area (Å²) >= 11 is 0. The first-order valence-electron chi connectivity index (χ1n) is 6.16. The van der Waals surface area contributed by atoms with Crippen LogP contribution in [0, 0.1) is 6.92 Å². The summed E-state index contributed by atoms with van der Waals surface area (Å²) in [4.78, 5) is 18.4. The molecule has 0 radical (unpaired) electrons. The van der Waals surface area contributed by atoms with Gasteiger partial charge in [0, 0.05) is 31.0 Å². The topological polar surface area (TPSA) is 45.2 Å². The van der Waals surface area contributed by atoms with Crippen LogP contribution in [-0.2, 0) is 0 Å². The number of carbonyl (C=O) groups excluding carboxylic acids is 1. The molecule has 4 heteroatoms. The molecular weight excluding hydrogens is 214 g/mol. The fourth-order valence-electron chi connectivity index (χ4n) is 2.23. The number of rotatable bonds is 3. The minimum atomic E-state index is 0.0914. The number of aromatic nitrogens is 1. The second kappa shape index (κ2) is 5.27. The van der Waals surface area contributed by atoms with Gasteiger partial charge >= 0.3 is 0 Å². The van der Waals surface area contributed by atoms with E-state index in [4.69, 9.17) is 0 Å². The molecule has 0 bridgehead atoms. The zero-order valence-corrected chi connectivity index (χ0v) is 10.4. The van der Waals surface area contributed by atoms with Crippen LogP contribution in [0.1, 0.15) is 29.4 Å². The molecule has 2 rings (SSSR count). The Morgan fingerprint density at radius 3 is 2.94 bits per heavy atom. The van der Waals surface area contributed by atoms with Crippen LogP contribution in [0.5, 0.6) is 0 Å². The predicted molar refractivity (Wildman–Crippen MR) is 67.0 cm³/mol. The molecule has 92 valence electrons. The third-order valence-corrected chi connectivity index (χ3v) is 3.23. The fourth-order valence-corrected chi connectivity index (χ4v) is 2.23. The number of hydrogen-bond acceptors (Lipinski definition) is 3. The first kappa shape index (κ1) is 12.0. The van der Waals surface area contributed by atoms with Crippen molar-refractivity contribution in [2.45, 2.75) is 26.3 Å². The maximum atomic E-state index is 12.3. The smallest absolute Gasteiger partial charge is 0.255 e. The van der Waals surface area contributed by atoms with Crippen LogP contribution in [0.15, 0.2) is 18.3 Å². The molecule has 1 amide bonds. The fraction of sp³-hybridized carbons (Fsp3) is 0.538. The number of aryl methyl sites for hydroxylation is 1. The highest BCUT2D eigenvalue weighted by Crippen LogP contribution is 2.12. The summed E-state index contributed by atoms with van der Waals surface area (Å²) in [5.41, 5.74) is 1.62. The Morgan fingerprint density at radius 2 is 2.41 bits per heavy atom. The highest BCUT2D eigenvalue weighted by Gasteiger charge is 2.25. The number of pyridine rings is 1. The summed E-state index contributed by atoms with van der Waals surface area (Å²) in [7, 11) is 0. The van der Waals surface area contributed by atoms with Gasteiger partial charge in [0.25, 0.3) is 5.91 Å². The number of nitrogens with one attached hydrogen (secondary N) is 1. The number of likely N-dealkylation sites (N-methyl/N-ethyl adjacent to an activating group) is 1. The van der Waals surface area contributed by atoms with Gasteiger partial charge in [-0.05, 0) is 38.9 Å². The molecule has 2 heterocycles. The Morgan fingerprint density at radius 1 is 1.59 bits per heavy atom. The van der Waals surface area contributed by atoms with Gasteiger partial charge in [-0.25, -0.2) is 0 Å². The van der Waals surface area contributed by atoms with Crippen molar-refractivity contribution < 1.29 is 4.79 Å². The molecule has 1 aromatic heterocycles. The van der Waals surface area contributed by atoms with Gasteiger partial charge in [0.1, 0.15) is 0 Å². The lowest BCUT2D eigenvalue weighted by Gasteiger charge is -2.27. The SMILES string of the molecule is CCN(C(=O)c1ccc(C)nc1)C1CCNC1. The standard InChI is InChI=1S/C13H19N3O/c1-3-16(12-6-7-14-9-12)13(17)11-5-4-10(2)15-8-11/h4-5,8,12,14H,3,6-7,9H2,1-2H3. The van der Waals surface area contributed by atoms with Crippen molar-refractivity contribution in [3.8, 4) is 0 Å². The van der Waals surface area contributed by atoms with E-state index in [2.05, 4.69) is 10.3 Å². The van der Waals surface area contributed by atoms with Crippen LogP contribution in [0.4, 0.5) is 0 Å². The Labute approximate surface area is 102 Å². The van der Waals surface area contributed by atoms with E-state index >= 15 is 0 Å². The summed E-state index contributed by atoms with van der Waals surface area (Å²) in [5, 5.41) is 3.29. The monoisotopic (exact) mass is 233 g/mol. The molecule has 1 aliphatic heterocycles. The van der Waals surface area contributed by atoms with Crippen LogP contribution in [0.3, 0.4) is 0 Å². The molecule has 1 N–H and O–H groups in total. The van der Waals surface area contributed by atoms with Crippen LogP contribution in [-0.4, -0.2) is 41.5 Å². The zero-order valence-electron chi connectivity index (χ0n) is 10.4. The molecule has 0 aliphatic carbocycles. The number of carbonyl (C=O) groups is 1. The molecule has 1 saturated heterocycles. The second-order valence-electron chi connectivity index (χ2n) is 4.43. The summed E-state index contributed by atoms with van der Waals surface area (Å²) in [6.07, 6.45) is 2.71. The van der Waals surface area contributed by atoms with Crippen LogP contribution < -0.4 is 5.32 Å². The van der Waals surface area contributed by atoms with E-state index in [-0.39, 0.29) is 5.91 Å². The quantitative estimate of drug-likeness (QED) is 0.853. The summed E-state index contributed by atoms with van der Waals surface area (Å²) < 4.78 is 0. The van der Waals surface area contributed by atoms with E-state index in [1.165, 1.54) is 0 Å². The Balaban J connectivity index is 2.13. The van der Waals surface area contributed by atoms with Crippen LogP contribution >= 0.6 is 0 Å². The molecule has 1 atom stereocenters. The molecule has 4 nitrogen and oxygen atoms in total. The van der Waals surface area contributed by atoms with Crippen molar-refractivity contribution in [2.75, 3.05) is 19.6 Å². The van der Waals surface area contributed by atoms with Gasteiger partial charge in [0.05, 0.1) is 5.56 Å². The molecule has 0 spiro atoms. The van der Waals surface area contributed by atoms with Crippen molar-refractivity contribution >= 4 is 5.91 Å². The third kappa shape index (κ3) is 2.64. The lowest BCUT2D eigenvalue weighted by atomic mass is 10.1. The minimum absolute atomic E-state index is 0.0914. The lowest BCUT2D eigenvalue weighted by Crippen LogP contribution is -2.41. The van der Waals surface area contributed by atoms with E-state index in [1.807, 2.05) is 30.9 Å². The number of hydrogen-bond donors (Lipinski definition) is 1. The van der Waals surface area contributed by atoms with E-state index in [0.717, 1.165) is 31.7 Å². The van der Waals surface area contributed by atoms with Gasteiger partial charge in [0.2, 0.25) is 0 Å². The molecule has 1 unspecified atom stereocenters. The number of amides is 1. The highest BCUT2D eigenvalue weighted by molar-refractivity contribution is 5.94. The summed E-state index contributed by atoms with van der Waals surface area (Å²) in [6.45, 7) is 6.60. The van der Waals surface area contributed by atoms with Gasteiger partial charge in [-0.2, -0.15) is 0 Å². The van der Waals surface area contributed by atoms with Gasteiger partial charge in [0.15, 0.2) is 0 Å². The molecule has 0 saturated carbocycles. The lowest BCUT2D eigenvalue weighted by molar-refractivity contribution is 0.0703. The molecule has 1 fully saturated rings. The van der Waals surface area contributed by atoms with Crippen LogP contribution in [0.2, 0.25) is 0 Å². The van der Waals surface area contributed by atoms with E-state index in [0.29, 0.717) is 11.6 Å². The summed E-state index contributed by atoms with van der Waals surface area (Å²) in [5.74, 6) is 0.0914. The second-order valence-corrected chi connectivity index (χ2v) is 4.43. The highest BCUT2D eigenvalue weighted by atomic mass is 16.2. The van der Waals surface area contributed by atoms with E-state index < -0.39 is 0 Å². The van der Waals surface area contributed by atoms with Crippen molar-refractivity contribution in [3.05, 3.63) is 29.6 Å². The van der Waals surface area contributed by atoms with Crippen molar-refractivity contribution in [2.24, 2.45) is 0 Å². The molecule has 0 aromatic carbocycles. The summed E-state index contributed by atoms with van der Waals surface area (Å²) in [6, 6.07) is 4.07. The zero-order chi connectivity index (χ0) is 12.3. The first-order chi connectivity index (χ1) is 8.22. The first-order valence-corrected chi connectivity index (χ1v) is 6.16. The van der Waals surface area contributed by atoms with E-state index in [9.17, 15) is 4.79 Å². The predicted octanol–water partition coefficient (Wildman–Crippen LogP) is 1.21. The average molecular weight is 233 g/mol. The molecular formula is C13H19N3O. The van der Waals surface area contributed by atoms with Crippen molar-refractivity contribution in [3.63, 3.8) is 0 Å². The van der Waals surface area contributed by atoms with Gasteiger partial charge in [-0.3, -0.25) is 9.78 Å². The Hall–Kier alpha value is -1.42. The maximum absolute atomic E-state index is 12.3. The van der Waals surface area contributed by atoms with Gasteiger partial charge in [-0.1, -0.05) is 0 Å². The Bertz CT molecular complexity index is 382. The van der Waals surface area contributed by atoms with Gasteiger partial charge in [-0.15, -0.1) is 0 Å².